The molecule has 0 radical (unpaired) electrons. The second-order valence-electron chi connectivity index (χ2n) is 4.70. The molecule has 102 valence electrons. The summed E-state index contributed by atoms with van der Waals surface area (Å²) in [4.78, 5) is 9.30. The number of anilines is 1. The molecule has 0 aliphatic carbocycles. The molecule has 0 spiro atoms. The molecule has 0 aliphatic rings. The number of nitrogens with one attached hydrogen (secondary N) is 1. The van der Waals surface area contributed by atoms with E-state index in [1.807, 2.05) is 31.3 Å². The van der Waals surface area contributed by atoms with E-state index in [-0.39, 0.29) is 0 Å². The van der Waals surface area contributed by atoms with Gasteiger partial charge in [0.05, 0.1) is 16.7 Å². The van der Waals surface area contributed by atoms with Crippen LogP contribution in [0.1, 0.15) is 18.4 Å². The van der Waals surface area contributed by atoms with Crippen molar-refractivity contribution in [3.8, 4) is 0 Å². The van der Waals surface area contributed by atoms with Gasteiger partial charge in [-0.3, -0.25) is 0 Å². The summed E-state index contributed by atoms with van der Waals surface area (Å²) < 4.78 is 2.25. The molecule has 2 aromatic heterocycles. The van der Waals surface area contributed by atoms with E-state index in [0.717, 1.165) is 35.8 Å². The van der Waals surface area contributed by atoms with Gasteiger partial charge in [0.1, 0.15) is 11.6 Å². The Labute approximate surface area is 118 Å². The van der Waals surface area contributed by atoms with E-state index in [1.54, 1.807) is 0 Å². The van der Waals surface area contributed by atoms with Crippen molar-refractivity contribution in [3.63, 3.8) is 0 Å². The summed E-state index contributed by atoms with van der Waals surface area (Å²) in [5.74, 6) is 1.95. The van der Waals surface area contributed by atoms with Gasteiger partial charge in [0.2, 0.25) is 0 Å². The Morgan fingerprint density at radius 1 is 1.05 bits per heavy atom. The maximum absolute atomic E-state index is 4.74. The first-order valence-electron chi connectivity index (χ1n) is 6.89. The molecule has 3 rings (SSSR count). The molecule has 0 bridgehead atoms. The van der Waals surface area contributed by atoms with Crippen molar-refractivity contribution in [2.45, 2.75) is 19.9 Å². The average molecular weight is 266 g/mol. The Balaban J connectivity index is 2.01. The molecule has 3 aromatic rings. The number of imidazole rings is 1. The molecule has 4 nitrogen and oxygen atoms in total. The fourth-order valence-corrected chi connectivity index (χ4v) is 2.49. The number of para-hydroxylation sites is 2. The van der Waals surface area contributed by atoms with E-state index >= 15 is 0 Å². The van der Waals surface area contributed by atoms with Crippen molar-refractivity contribution >= 4 is 16.9 Å². The fraction of sp³-hybridized carbons (Fsp3) is 0.250. The van der Waals surface area contributed by atoms with Crippen molar-refractivity contribution in [3.05, 3.63) is 54.0 Å². The molecular weight excluding hydrogens is 248 g/mol. The van der Waals surface area contributed by atoms with Crippen LogP contribution in [0.15, 0.2) is 42.5 Å². The predicted molar refractivity (Wildman–Crippen MR) is 82.0 cm³/mol. The molecule has 0 saturated carbocycles. The lowest BCUT2D eigenvalue weighted by Crippen LogP contribution is -2.04. The molecule has 1 aromatic carbocycles. The SMILES string of the molecule is CCn1c(Cc2cccc(NC)n2)nc2ccccc21. The van der Waals surface area contributed by atoms with Crippen molar-refractivity contribution in [2.75, 3.05) is 12.4 Å². The molecule has 0 fully saturated rings. The maximum atomic E-state index is 4.74. The number of nitrogens with zero attached hydrogens (tertiary/aromatic N) is 3. The first kappa shape index (κ1) is 12.7. The molecular formula is C16H18N4. The van der Waals surface area contributed by atoms with Gasteiger partial charge in [0.25, 0.3) is 0 Å². The van der Waals surface area contributed by atoms with Gasteiger partial charge in [0.15, 0.2) is 0 Å². The Hall–Kier alpha value is -2.36. The molecule has 4 heteroatoms. The van der Waals surface area contributed by atoms with Gasteiger partial charge in [0, 0.05) is 20.0 Å². The molecule has 0 unspecified atom stereocenters. The Bertz CT molecular complexity index is 730. The number of aryl methyl sites for hydroxylation is 1. The Morgan fingerprint density at radius 2 is 1.90 bits per heavy atom. The minimum absolute atomic E-state index is 0.748. The highest BCUT2D eigenvalue weighted by Crippen LogP contribution is 2.18. The monoisotopic (exact) mass is 266 g/mol. The highest BCUT2D eigenvalue weighted by atomic mass is 15.1. The lowest BCUT2D eigenvalue weighted by molar-refractivity contribution is 0.729. The van der Waals surface area contributed by atoms with Gasteiger partial charge in [-0.15, -0.1) is 0 Å². The molecule has 0 saturated heterocycles. The van der Waals surface area contributed by atoms with Crippen molar-refractivity contribution < 1.29 is 0 Å². The lowest BCUT2D eigenvalue weighted by atomic mass is 10.2. The van der Waals surface area contributed by atoms with Crippen molar-refractivity contribution in [2.24, 2.45) is 0 Å². The van der Waals surface area contributed by atoms with Crippen LogP contribution in [-0.2, 0) is 13.0 Å². The van der Waals surface area contributed by atoms with Gasteiger partial charge in [-0.1, -0.05) is 18.2 Å². The van der Waals surface area contributed by atoms with Crippen LogP contribution in [0.25, 0.3) is 11.0 Å². The highest BCUT2D eigenvalue weighted by molar-refractivity contribution is 5.75. The van der Waals surface area contributed by atoms with Crippen LogP contribution >= 0.6 is 0 Å². The zero-order chi connectivity index (χ0) is 13.9. The number of benzene rings is 1. The summed E-state index contributed by atoms with van der Waals surface area (Å²) in [6, 6.07) is 14.3. The Morgan fingerprint density at radius 3 is 2.70 bits per heavy atom. The van der Waals surface area contributed by atoms with Gasteiger partial charge in [-0.25, -0.2) is 9.97 Å². The second kappa shape index (κ2) is 5.33. The summed E-state index contributed by atoms with van der Waals surface area (Å²) in [6.45, 7) is 3.07. The highest BCUT2D eigenvalue weighted by Gasteiger charge is 2.10. The molecule has 0 atom stereocenters. The van der Waals surface area contributed by atoms with Gasteiger partial charge in [-0.05, 0) is 31.2 Å². The van der Waals surface area contributed by atoms with Crippen LogP contribution in [0.4, 0.5) is 5.82 Å². The van der Waals surface area contributed by atoms with Crippen LogP contribution in [0.3, 0.4) is 0 Å². The maximum Gasteiger partial charge on any atom is 0.125 e. The number of hydrogen-bond acceptors (Lipinski definition) is 3. The number of aromatic nitrogens is 3. The third kappa shape index (κ3) is 2.25. The van der Waals surface area contributed by atoms with Crippen LogP contribution in [-0.4, -0.2) is 21.6 Å². The van der Waals surface area contributed by atoms with E-state index in [0.29, 0.717) is 0 Å². The molecule has 20 heavy (non-hydrogen) atoms. The normalized spacial score (nSPS) is 10.9. The van der Waals surface area contributed by atoms with Crippen molar-refractivity contribution in [1.82, 2.24) is 14.5 Å². The molecule has 1 N–H and O–H groups in total. The first-order chi connectivity index (χ1) is 9.81. The van der Waals surface area contributed by atoms with E-state index in [4.69, 9.17) is 4.98 Å². The van der Waals surface area contributed by atoms with E-state index in [9.17, 15) is 0 Å². The summed E-state index contributed by atoms with van der Waals surface area (Å²) in [5.41, 5.74) is 3.27. The summed E-state index contributed by atoms with van der Waals surface area (Å²) in [7, 11) is 1.88. The standard InChI is InChI=1S/C16H18N4/c1-3-20-14-9-5-4-8-13(14)19-16(20)11-12-7-6-10-15(17-2)18-12/h4-10H,3,11H2,1-2H3,(H,17,18). The minimum atomic E-state index is 0.748. The van der Waals surface area contributed by atoms with E-state index in [1.165, 1.54) is 5.52 Å². The number of hydrogen-bond donors (Lipinski definition) is 1. The third-order valence-electron chi connectivity index (χ3n) is 3.45. The zero-order valence-corrected chi connectivity index (χ0v) is 11.8. The van der Waals surface area contributed by atoms with Gasteiger partial charge in [-0.2, -0.15) is 0 Å². The molecule has 0 amide bonds. The topological polar surface area (TPSA) is 42.7 Å². The van der Waals surface area contributed by atoms with Gasteiger partial charge >= 0.3 is 0 Å². The fourth-order valence-electron chi connectivity index (χ4n) is 2.49. The number of pyridine rings is 1. The quantitative estimate of drug-likeness (QED) is 0.789. The summed E-state index contributed by atoms with van der Waals surface area (Å²) in [5, 5.41) is 3.07. The predicted octanol–water partition coefficient (Wildman–Crippen LogP) is 3.08. The molecule has 2 heterocycles. The third-order valence-corrected chi connectivity index (χ3v) is 3.45. The zero-order valence-electron chi connectivity index (χ0n) is 11.8. The molecule has 0 aliphatic heterocycles. The van der Waals surface area contributed by atoms with Gasteiger partial charge < -0.3 is 9.88 Å². The van der Waals surface area contributed by atoms with Crippen LogP contribution in [0, 0.1) is 0 Å². The number of fused-ring (bicyclic) bond motifs is 1. The number of rotatable bonds is 4. The second-order valence-corrected chi connectivity index (χ2v) is 4.70. The Kier molecular flexibility index (Phi) is 3.37. The van der Waals surface area contributed by atoms with Crippen LogP contribution in [0.5, 0.6) is 0 Å². The lowest BCUT2D eigenvalue weighted by Gasteiger charge is -2.07. The minimum Gasteiger partial charge on any atom is -0.373 e. The van der Waals surface area contributed by atoms with E-state index < -0.39 is 0 Å². The van der Waals surface area contributed by atoms with E-state index in [2.05, 4.69) is 40.0 Å². The first-order valence-corrected chi connectivity index (χ1v) is 6.89. The summed E-state index contributed by atoms with van der Waals surface area (Å²) in [6.07, 6.45) is 0.748. The van der Waals surface area contributed by atoms with Crippen LogP contribution in [0.2, 0.25) is 0 Å². The largest absolute Gasteiger partial charge is 0.373 e. The van der Waals surface area contributed by atoms with Crippen molar-refractivity contribution in [1.29, 1.82) is 0 Å². The smallest absolute Gasteiger partial charge is 0.125 e. The summed E-state index contributed by atoms with van der Waals surface area (Å²) >= 11 is 0. The van der Waals surface area contributed by atoms with Crippen LogP contribution < -0.4 is 5.32 Å². The average Bonchev–Trinajstić information content (AvgIpc) is 2.84.